The smallest absolute Gasteiger partial charge is 0.139 e. The van der Waals surface area contributed by atoms with E-state index in [0.717, 1.165) is 25.4 Å². The lowest BCUT2D eigenvalue weighted by molar-refractivity contribution is 0.304. The molecule has 1 aromatic rings. The standard InChI is InChI=1S/C16H25Cl2NO/c1-13(2)12-19-9-5-3-4-6-10-20-16-11-14(17)7-8-15(16)18/h7-8,11,13,19H,3-6,9-10,12H2,1-2H3. The van der Waals surface area contributed by atoms with Gasteiger partial charge in [0.05, 0.1) is 11.6 Å². The molecule has 0 spiro atoms. The molecule has 1 aromatic carbocycles. The van der Waals surface area contributed by atoms with Crippen molar-refractivity contribution in [2.45, 2.75) is 39.5 Å². The van der Waals surface area contributed by atoms with Crippen LogP contribution in [0.5, 0.6) is 5.75 Å². The first-order chi connectivity index (χ1) is 9.59. The summed E-state index contributed by atoms with van der Waals surface area (Å²) in [4.78, 5) is 0. The molecule has 0 saturated carbocycles. The number of benzene rings is 1. The summed E-state index contributed by atoms with van der Waals surface area (Å²) in [5.74, 6) is 1.41. The summed E-state index contributed by atoms with van der Waals surface area (Å²) in [7, 11) is 0. The molecule has 2 nitrogen and oxygen atoms in total. The Balaban J connectivity index is 2.01. The van der Waals surface area contributed by atoms with Crippen molar-refractivity contribution in [3.63, 3.8) is 0 Å². The minimum atomic E-state index is 0.618. The predicted octanol–water partition coefficient (Wildman–Crippen LogP) is 5.18. The molecule has 0 atom stereocenters. The Morgan fingerprint density at radius 1 is 1.10 bits per heavy atom. The molecule has 20 heavy (non-hydrogen) atoms. The Bertz CT molecular complexity index is 383. The molecular formula is C16H25Cl2NO. The Morgan fingerprint density at radius 3 is 2.60 bits per heavy atom. The molecule has 4 heteroatoms. The zero-order valence-corrected chi connectivity index (χ0v) is 13.9. The summed E-state index contributed by atoms with van der Waals surface area (Å²) in [5.41, 5.74) is 0. The molecule has 0 heterocycles. The predicted molar refractivity (Wildman–Crippen MR) is 88.1 cm³/mol. The van der Waals surface area contributed by atoms with E-state index in [4.69, 9.17) is 27.9 Å². The molecule has 0 aliphatic rings. The molecule has 114 valence electrons. The maximum Gasteiger partial charge on any atom is 0.139 e. The van der Waals surface area contributed by atoms with Gasteiger partial charge in [-0.05, 0) is 44.0 Å². The number of halogens is 2. The molecule has 0 aliphatic heterocycles. The van der Waals surface area contributed by atoms with E-state index in [2.05, 4.69) is 19.2 Å². The molecule has 1 N–H and O–H groups in total. The lowest BCUT2D eigenvalue weighted by Gasteiger charge is -2.09. The van der Waals surface area contributed by atoms with Gasteiger partial charge in [0.15, 0.2) is 0 Å². The Hall–Kier alpha value is -0.440. The van der Waals surface area contributed by atoms with Crippen LogP contribution in [0.2, 0.25) is 10.0 Å². The fourth-order valence-electron chi connectivity index (χ4n) is 1.87. The molecule has 0 unspecified atom stereocenters. The number of unbranched alkanes of at least 4 members (excludes halogenated alkanes) is 3. The highest BCUT2D eigenvalue weighted by molar-refractivity contribution is 6.34. The topological polar surface area (TPSA) is 21.3 Å². The van der Waals surface area contributed by atoms with Crippen LogP contribution in [0.1, 0.15) is 39.5 Å². The molecule has 0 aliphatic carbocycles. The van der Waals surface area contributed by atoms with Crippen molar-refractivity contribution < 1.29 is 4.74 Å². The van der Waals surface area contributed by atoms with Crippen molar-refractivity contribution in [2.24, 2.45) is 5.92 Å². The van der Waals surface area contributed by atoms with Gasteiger partial charge in [-0.2, -0.15) is 0 Å². The molecule has 0 amide bonds. The van der Waals surface area contributed by atoms with Crippen molar-refractivity contribution >= 4 is 23.2 Å². The Kier molecular flexibility index (Phi) is 9.08. The summed E-state index contributed by atoms with van der Waals surface area (Å²) in [6.45, 7) is 7.37. The molecule has 0 fully saturated rings. The van der Waals surface area contributed by atoms with Gasteiger partial charge in [0.1, 0.15) is 5.75 Å². The van der Waals surface area contributed by atoms with Crippen molar-refractivity contribution in [2.75, 3.05) is 19.7 Å². The SMILES string of the molecule is CC(C)CNCCCCCCOc1cc(Cl)ccc1Cl. The van der Waals surface area contributed by atoms with Gasteiger partial charge < -0.3 is 10.1 Å². The molecule has 0 saturated heterocycles. The summed E-state index contributed by atoms with van der Waals surface area (Å²) in [5, 5.41) is 4.72. The van der Waals surface area contributed by atoms with Crippen molar-refractivity contribution in [1.82, 2.24) is 5.32 Å². The number of ether oxygens (including phenoxy) is 1. The second-order valence-corrected chi connectivity index (χ2v) is 6.28. The second kappa shape index (κ2) is 10.3. The van der Waals surface area contributed by atoms with Gasteiger partial charge in [0.25, 0.3) is 0 Å². The van der Waals surface area contributed by atoms with Gasteiger partial charge >= 0.3 is 0 Å². The fourth-order valence-corrected chi connectivity index (χ4v) is 2.20. The van der Waals surface area contributed by atoms with Gasteiger partial charge in [-0.25, -0.2) is 0 Å². The lowest BCUT2D eigenvalue weighted by atomic mass is 10.2. The van der Waals surface area contributed by atoms with E-state index < -0.39 is 0 Å². The summed E-state index contributed by atoms with van der Waals surface area (Å²) in [6.07, 6.45) is 4.69. The highest BCUT2D eigenvalue weighted by Crippen LogP contribution is 2.27. The summed E-state index contributed by atoms with van der Waals surface area (Å²) in [6, 6.07) is 5.29. The highest BCUT2D eigenvalue weighted by atomic mass is 35.5. The van der Waals surface area contributed by atoms with Gasteiger partial charge in [0.2, 0.25) is 0 Å². The molecule has 1 rings (SSSR count). The van der Waals surface area contributed by atoms with Crippen LogP contribution in [0.15, 0.2) is 18.2 Å². The van der Waals surface area contributed by atoms with E-state index in [1.54, 1.807) is 18.2 Å². The summed E-state index contributed by atoms with van der Waals surface area (Å²) >= 11 is 11.9. The molecular weight excluding hydrogens is 293 g/mol. The van der Waals surface area contributed by atoms with E-state index >= 15 is 0 Å². The minimum Gasteiger partial charge on any atom is -0.492 e. The highest BCUT2D eigenvalue weighted by Gasteiger charge is 2.02. The Morgan fingerprint density at radius 2 is 1.85 bits per heavy atom. The number of rotatable bonds is 10. The van der Waals surface area contributed by atoms with Gasteiger partial charge in [-0.1, -0.05) is 49.9 Å². The number of hydrogen-bond donors (Lipinski definition) is 1. The first-order valence-corrected chi connectivity index (χ1v) is 8.13. The van der Waals surface area contributed by atoms with Gasteiger partial charge in [0, 0.05) is 11.1 Å². The fraction of sp³-hybridized carbons (Fsp3) is 0.625. The zero-order chi connectivity index (χ0) is 14.8. The second-order valence-electron chi connectivity index (χ2n) is 5.44. The average molecular weight is 318 g/mol. The molecule has 0 aromatic heterocycles. The largest absolute Gasteiger partial charge is 0.492 e. The minimum absolute atomic E-state index is 0.618. The van der Waals surface area contributed by atoms with Crippen LogP contribution in [-0.2, 0) is 0 Å². The first-order valence-electron chi connectivity index (χ1n) is 7.38. The van der Waals surface area contributed by atoms with E-state index in [9.17, 15) is 0 Å². The van der Waals surface area contributed by atoms with Crippen LogP contribution in [0.4, 0.5) is 0 Å². The van der Waals surface area contributed by atoms with Crippen LogP contribution in [-0.4, -0.2) is 19.7 Å². The summed E-state index contributed by atoms with van der Waals surface area (Å²) < 4.78 is 5.64. The van der Waals surface area contributed by atoms with Crippen LogP contribution in [0.3, 0.4) is 0 Å². The van der Waals surface area contributed by atoms with E-state index in [0.29, 0.717) is 22.4 Å². The van der Waals surface area contributed by atoms with Crippen molar-refractivity contribution in [1.29, 1.82) is 0 Å². The van der Waals surface area contributed by atoms with Crippen molar-refractivity contribution in [3.8, 4) is 5.75 Å². The quantitative estimate of drug-likeness (QED) is 0.600. The van der Waals surface area contributed by atoms with Gasteiger partial charge in [-0.15, -0.1) is 0 Å². The monoisotopic (exact) mass is 317 g/mol. The molecule has 0 radical (unpaired) electrons. The van der Waals surface area contributed by atoms with E-state index in [-0.39, 0.29) is 0 Å². The number of nitrogens with one attached hydrogen (secondary N) is 1. The normalized spacial score (nSPS) is 11.1. The van der Waals surface area contributed by atoms with Crippen LogP contribution in [0, 0.1) is 5.92 Å². The molecule has 0 bridgehead atoms. The maximum atomic E-state index is 6.03. The third kappa shape index (κ3) is 7.98. The van der Waals surface area contributed by atoms with E-state index in [1.165, 1.54) is 19.3 Å². The van der Waals surface area contributed by atoms with Crippen molar-refractivity contribution in [3.05, 3.63) is 28.2 Å². The third-order valence-corrected chi connectivity index (χ3v) is 3.50. The maximum absolute atomic E-state index is 6.03. The van der Waals surface area contributed by atoms with E-state index in [1.807, 2.05) is 0 Å². The van der Waals surface area contributed by atoms with Crippen LogP contribution < -0.4 is 10.1 Å². The third-order valence-electron chi connectivity index (χ3n) is 2.95. The first kappa shape index (κ1) is 17.6. The van der Waals surface area contributed by atoms with Crippen LogP contribution in [0.25, 0.3) is 0 Å². The van der Waals surface area contributed by atoms with Crippen LogP contribution >= 0.6 is 23.2 Å². The zero-order valence-electron chi connectivity index (χ0n) is 12.4. The Labute approximate surface area is 132 Å². The van der Waals surface area contributed by atoms with Gasteiger partial charge in [-0.3, -0.25) is 0 Å². The number of hydrogen-bond acceptors (Lipinski definition) is 2. The average Bonchev–Trinajstić information content (AvgIpc) is 2.40. The lowest BCUT2D eigenvalue weighted by Crippen LogP contribution is -2.20.